The minimum absolute atomic E-state index is 0.0146. The number of carbonyl (C=O) groups is 1. The summed E-state index contributed by atoms with van der Waals surface area (Å²) in [4.78, 5) is 23.2. The van der Waals surface area contributed by atoms with E-state index < -0.39 is 73.1 Å². The monoisotopic (exact) mass is 678 g/mol. The summed E-state index contributed by atoms with van der Waals surface area (Å²) in [6.45, 7) is 7.12. The molecule has 1 fully saturated rings. The number of amides is 1. The molecule has 1 saturated heterocycles. The van der Waals surface area contributed by atoms with Crippen LogP contribution >= 0.6 is 0 Å². The molecular weight excluding hydrogens is 651 g/mol. The Hall–Kier alpha value is -2.94. The molecule has 2 heterocycles. The van der Waals surface area contributed by atoms with Crippen molar-refractivity contribution < 1.29 is 52.3 Å². The Morgan fingerprint density at radius 1 is 1.18 bits per heavy atom. The zero-order chi connectivity index (χ0) is 29.2. The van der Waals surface area contributed by atoms with Crippen LogP contribution < -0.4 is 36.7 Å². The van der Waals surface area contributed by atoms with Crippen LogP contribution in [-0.4, -0.2) is 46.0 Å². The van der Waals surface area contributed by atoms with E-state index in [1.807, 2.05) is 6.92 Å². The fourth-order valence-corrected chi connectivity index (χ4v) is 6.20. The molecule has 0 aliphatic carbocycles. The molecule has 0 bridgehead atoms. The average molecular weight is 678 g/mol. The predicted octanol–water partition coefficient (Wildman–Crippen LogP) is 2.54. The van der Waals surface area contributed by atoms with Crippen molar-refractivity contribution in [2.75, 3.05) is 34.3 Å². The third-order valence-electron chi connectivity index (χ3n) is 6.09. The third-order valence-corrected chi connectivity index (χ3v) is 9.53. The van der Waals surface area contributed by atoms with Gasteiger partial charge in [0.05, 0.1) is 0 Å². The predicted molar refractivity (Wildman–Crippen MR) is 135 cm³/mol. The standard InChI is InChI=1S/C27H27F6IN5O/c1-14(2)10-34-26-36-11-16(12-37-26)22-20(29)9-21(39-7-6-35-15(3)13-39)24(23(22)30)38-25(40)18-5-4-17(28)8-19(18)27(31,32)33/h4-5,8-9,11-12,14-15,35H,6-7,10,13H2,1-3H3,(H,38,40)/q-1/t15-/m0/s1. The van der Waals surface area contributed by atoms with Crippen LogP contribution in [0, 0.1) is 27.2 Å². The van der Waals surface area contributed by atoms with Gasteiger partial charge in [0.1, 0.15) is 5.82 Å². The van der Waals surface area contributed by atoms with Crippen molar-refractivity contribution >= 4 is 17.3 Å². The number of nitrogens with one attached hydrogen (secondary N) is 2. The minimum atomic E-state index is -5.05. The number of hydrogen-bond donors (Lipinski definition) is 2. The van der Waals surface area contributed by atoms with Crippen molar-refractivity contribution in [2.24, 2.45) is 5.92 Å². The molecule has 0 unspecified atom stereocenters. The molecule has 1 aliphatic rings. The van der Waals surface area contributed by atoms with Gasteiger partial charge in [-0.05, 0) is 0 Å². The van der Waals surface area contributed by atoms with Crippen molar-refractivity contribution in [2.45, 2.75) is 33.0 Å². The van der Waals surface area contributed by atoms with Crippen LogP contribution in [-0.2, 0) is 6.18 Å². The first kappa shape index (κ1) is 30.0. The number of hydrogen-bond acceptors (Lipinski definition) is 5. The molecule has 0 radical (unpaired) electrons. The van der Waals surface area contributed by atoms with E-state index in [2.05, 4.69) is 34.4 Å². The van der Waals surface area contributed by atoms with Crippen molar-refractivity contribution in [1.82, 2.24) is 15.3 Å². The van der Waals surface area contributed by atoms with Gasteiger partial charge in [0.15, 0.2) is 0 Å². The van der Waals surface area contributed by atoms with Gasteiger partial charge in [0.2, 0.25) is 0 Å². The van der Waals surface area contributed by atoms with Gasteiger partial charge in [-0.2, -0.15) is 13.2 Å². The van der Waals surface area contributed by atoms with Crippen LogP contribution in [0.25, 0.3) is 11.1 Å². The zero-order valence-corrected chi connectivity index (χ0v) is 24.0. The second-order valence-corrected chi connectivity index (χ2v) is 12.4. The van der Waals surface area contributed by atoms with Crippen LogP contribution in [0.5, 0.6) is 0 Å². The quantitative estimate of drug-likeness (QED) is 0.174. The van der Waals surface area contributed by atoms with Gasteiger partial charge in [-0.1, -0.05) is 0 Å². The summed E-state index contributed by atoms with van der Waals surface area (Å²) in [7, 11) is 0. The molecule has 3 aromatic rings. The van der Waals surface area contributed by atoms with E-state index in [1.165, 1.54) is 12.4 Å². The topological polar surface area (TPSA) is 70.2 Å². The first-order valence-electron chi connectivity index (χ1n) is 12.4. The number of piperazine rings is 1. The molecular formula is C27H27F6IN5O-. The molecule has 1 amide bonds. The molecule has 0 spiro atoms. The Bertz CT molecular complexity index is 1380. The molecule has 0 saturated carbocycles. The third kappa shape index (κ3) is 6.85. The molecule has 1 aromatic heterocycles. The first-order chi connectivity index (χ1) is 18.8. The number of nitrogens with zero attached hydrogens (tertiary/aromatic N) is 3. The van der Waals surface area contributed by atoms with Crippen molar-refractivity contribution in [3.63, 3.8) is 0 Å². The van der Waals surface area contributed by atoms with Gasteiger partial charge in [0.25, 0.3) is 0 Å². The fraction of sp³-hybridized carbons (Fsp3) is 0.370. The Morgan fingerprint density at radius 3 is 2.50 bits per heavy atom. The van der Waals surface area contributed by atoms with Gasteiger partial charge in [0, 0.05) is 0 Å². The second-order valence-electron chi connectivity index (χ2n) is 9.81. The molecule has 40 heavy (non-hydrogen) atoms. The van der Waals surface area contributed by atoms with E-state index in [4.69, 9.17) is 0 Å². The van der Waals surface area contributed by atoms with E-state index in [0.29, 0.717) is 41.5 Å². The van der Waals surface area contributed by atoms with Crippen LogP contribution in [0.1, 0.15) is 36.7 Å². The summed E-state index contributed by atoms with van der Waals surface area (Å²) in [5, 5.41) is 5.42. The number of carbonyl (C=O) groups excluding carboxylic acids is 1. The summed E-state index contributed by atoms with van der Waals surface area (Å²) in [6.07, 6.45) is -2.46. The van der Waals surface area contributed by atoms with Gasteiger partial charge in [-0.25, -0.2) is 4.39 Å². The van der Waals surface area contributed by atoms with Crippen LogP contribution in [0.15, 0.2) is 36.7 Å². The summed E-state index contributed by atoms with van der Waals surface area (Å²) in [5.74, 6) is -4.18. The maximum atomic E-state index is 16.1. The fourth-order valence-electron chi connectivity index (χ4n) is 4.25. The first-order valence-corrected chi connectivity index (χ1v) is 15.1. The molecule has 1 atom stereocenters. The van der Waals surface area contributed by atoms with E-state index >= 15 is 8.78 Å². The van der Waals surface area contributed by atoms with Gasteiger partial charge in [-0.3, -0.25) is 0 Å². The Kier molecular flexibility index (Phi) is 9.22. The molecule has 6 nitrogen and oxygen atoms in total. The molecule has 13 heteroatoms. The Balaban J connectivity index is 1.79. The van der Waals surface area contributed by atoms with E-state index in [-0.39, 0.29) is 23.4 Å². The number of anilines is 2. The Morgan fingerprint density at radius 2 is 1.88 bits per heavy atom. The van der Waals surface area contributed by atoms with Crippen LogP contribution in [0.3, 0.4) is 0 Å². The van der Waals surface area contributed by atoms with E-state index in [9.17, 15) is 22.4 Å². The maximum absolute atomic E-state index is 16.1. The number of aromatic nitrogens is 2. The van der Waals surface area contributed by atoms with Crippen molar-refractivity contribution in [1.29, 1.82) is 0 Å². The number of rotatable bonds is 7. The number of benzene rings is 2. The molecule has 2 aromatic carbocycles. The summed E-state index contributed by atoms with van der Waals surface area (Å²) < 4.78 is 87.5. The summed E-state index contributed by atoms with van der Waals surface area (Å²) >= 11 is -0.489. The Labute approximate surface area is 237 Å². The molecule has 2 N–H and O–H groups in total. The van der Waals surface area contributed by atoms with Gasteiger partial charge < -0.3 is 0 Å². The second kappa shape index (κ2) is 12.3. The van der Waals surface area contributed by atoms with Gasteiger partial charge >= 0.3 is 215 Å². The van der Waals surface area contributed by atoms with Gasteiger partial charge in [-0.15, -0.1) is 0 Å². The van der Waals surface area contributed by atoms with Crippen molar-refractivity contribution in [3.8, 4) is 11.1 Å². The normalized spacial score (nSPS) is 16.1. The number of halogens is 7. The van der Waals surface area contributed by atoms with E-state index in [0.717, 1.165) is 10.5 Å². The number of alkyl halides is 4. The van der Waals surface area contributed by atoms with E-state index in [1.54, 1.807) is 4.90 Å². The SMILES string of the molecule is CC(C)C[I-]c1ncc(-c2c(F)cc(N3CCN[C@@H](C)C3)c(NC(=O)c3ccc(F)cc3C(F)(F)F)c2F)cn1. The van der Waals surface area contributed by atoms with Crippen LogP contribution in [0.2, 0.25) is 0 Å². The summed E-state index contributed by atoms with van der Waals surface area (Å²) in [5.41, 5.74) is -3.45. The van der Waals surface area contributed by atoms with Crippen LogP contribution in [0.4, 0.5) is 37.7 Å². The summed E-state index contributed by atoms with van der Waals surface area (Å²) in [6, 6.07) is 2.56. The average Bonchev–Trinajstić information content (AvgIpc) is 2.89. The molecule has 216 valence electrons. The molecule has 1 aliphatic heterocycles. The van der Waals surface area contributed by atoms with Crippen molar-refractivity contribution in [3.05, 3.63) is 69.1 Å². The molecule has 4 rings (SSSR count). The zero-order valence-electron chi connectivity index (χ0n) is 21.8.